The molecular formula is C23H28N2O. The van der Waals surface area contributed by atoms with Crippen molar-refractivity contribution in [1.29, 1.82) is 0 Å². The average molecular weight is 348 g/mol. The van der Waals surface area contributed by atoms with Gasteiger partial charge in [-0.05, 0) is 46.9 Å². The fourth-order valence-electron chi connectivity index (χ4n) is 4.41. The van der Waals surface area contributed by atoms with E-state index in [2.05, 4.69) is 66.3 Å². The standard InChI is InChI=1S/C23H28N2O/c1-23(2)11-10-21(19(15-23)14-22-24-12-13-25-22)26-16-18-8-5-7-17-6-3-4-9-20(17)18/h3-9,12-13,19,21H,10-11,14-16H2,1-2H3,(H,24,25). The molecule has 0 amide bonds. The Labute approximate surface area is 155 Å². The van der Waals surface area contributed by atoms with Crippen molar-refractivity contribution in [2.45, 2.75) is 52.2 Å². The van der Waals surface area contributed by atoms with Crippen molar-refractivity contribution < 1.29 is 4.74 Å². The van der Waals surface area contributed by atoms with Gasteiger partial charge in [0, 0.05) is 18.8 Å². The molecule has 3 aromatic rings. The summed E-state index contributed by atoms with van der Waals surface area (Å²) in [7, 11) is 0. The molecule has 1 fully saturated rings. The lowest BCUT2D eigenvalue weighted by Crippen LogP contribution is -2.36. The number of hydrogen-bond acceptors (Lipinski definition) is 2. The molecule has 1 aliphatic rings. The second-order valence-electron chi connectivity index (χ2n) is 8.39. The van der Waals surface area contributed by atoms with E-state index in [9.17, 15) is 0 Å². The van der Waals surface area contributed by atoms with Gasteiger partial charge in [-0.1, -0.05) is 56.3 Å². The van der Waals surface area contributed by atoms with Gasteiger partial charge in [0.2, 0.25) is 0 Å². The summed E-state index contributed by atoms with van der Waals surface area (Å²) >= 11 is 0. The lowest BCUT2D eigenvalue weighted by atomic mass is 9.70. The van der Waals surface area contributed by atoms with Gasteiger partial charge in [0.1, 0.15) is 5.82 Å². The van der Waals surface area contributed by atoms with Crippen molar-refractivity contribution in [3.05, 3.63) is 66.2 Å². The number of ether oxygens (including phenoxy) is 1. The minimum atomic E-state index is 0.298. The topological polar surface area (TPSA) is 37.9 Å². The normalized spacial score (nSPS) is 22.5. The molecule has 136 valence electrons. The predicted molar refractivity (Wildman–Crippen MR) is 106 cm³/mol. The second kappa shape index (κ2) is 7.24. The van der Waals surface area contributed by atoms with Gasteiger partial charge in [-0.3, -0.25) is 0 Å². The number of aromatic nitrogens is 2. The van der Waals surface area contributed by atoms with Crippen LogP contribution in [0.2, 0.25) is 0 Å². The van der Waals surface area contributed by atoms with Crippen LogP contribution in [0, 0.1) is 11.3 Å². The fraction of sp³-hybridized carbons (Fsp3) is 0.435. The van der Waals surface area contributed by atoms with Crippen molar-refractivity contribution in [3.63, 3.8) is 0 Å². The molecule has 1 aromatic heterocycles. The van der Waals surface area contributed by atoms with Gasteiger partial charge in [-0.2, -0.15) is 0 Å². The van der Waals surface area contributed by atoms with Crippen LogP contribution < -0.4 is 0 Å². The maximum Gasteiger partial charge on any atom is 0.106 e. The van der Waals surface area contributed by atoms with E-state index in [-0.39, 0.29) is 0 Å². The fourth-order valence-corrected chi connectivity index (χ4v) is 4.41. The van der Waals surface area contributed by atoms with Gasteiger partial charge in [-0.25, -0.2) is 4.98 Å². The summed E-state index contributed by atoms with van der Waals surface area (Å²) in [6.45, 7) is 5.44. The van der Waals surface area contributed by atoms with E-state index in [0.29, 0.717) is 24.0 Å². The molecule has 1 aliphatic carbocycles. The van der Waals surface area contributed by atoms with Gasteiger partial charge in [0.05, 0.1) is 12.7 Å². The molecule has 26 heavy (non-hydrogen) atoms. The molecule has 0 saturated heterocycles. The third kappa shape index (κ3) is 3.83. The van der Waals surface area contributed by atoms with Crippen molar-refractivity contribution in [2.75, 3.05) is 0 Å². The highest BCUT2D eigenvalue weighted by atomic mass is 16.5. The molecule has 1 saturated carbocycles. The Bertz CT molecular complexity index is 848. The number of aromatic amines is 1. The number of nitrogens with zero attached hydrogens (tertiary/aromatic N) is 1. The maximum absolute atomic E-state index is 6.49. The van der Waals surface area contributed by atoms with Crippen LogP contribution in [0.4, 0.5) is 0 Å². The highest BCUT2D eigenvalue weighted by Gasteiger charge is 2.35. The molecule has 0 aliphatic heterocycles. The Morgan fingerprint density at radius 2 is 2.00 bits per heavy atom. The van der Waals surface area contributed by atoms with E-state index < -0.39 is 0 Å². The molecule has 1 N–H and O–H groups in total. The zero-order valence-corrected chi connectivity index (χ0v) is 15.7. The number of imidazole rings is 1. The van der Waals surface area contributed by atoms with Crippen molar-refractivity contribution in [1.82, 2.24) is 9.97 Å². The van der Waals surface area contributed by atoms with Crippen LogP contribution in [-0.4, -0.2) is 16.1 Å². The van der Waals surface area contributed by atoms with Gasteiger partial charge in [0.15, 0.2) is 0 Å². The number of benzene rings is 2. The van der Waals surface area contributed by atoms with Crippen LogP contribution in [0.25, 0.3) is 10.8 Å². The average Bonchev–Trinajstić information content (AvgIpc) is 3.13. The molecule has 0 spiro atoms. The third-order valence-corrected chi connectivity index (χ3v) is 5.79. The molecule has 3 nitrogen and oxygen atoms in total. The molecule has 1 heterocycles. The van der Waals surface area contributed by atoms with Crippen molar-refractivity contribution >= 4 is 10.8 Å². The zero-order valence-electron chi connectivity index (χ0n) is 15.7. The molecule has 4 rings (SSSR count). The first-order chi connectivity index (χ1) is 12.6. The van der Waals surface area contributed by atoms with Gasteiger partial charge >= 0.3 is 0 Å². The number of nitrogens with one attached hydrogen (secondary N) is 1. The highest BCUT2D eigenvalue weighted by Crippen LogP contribution is 2.41. The van der Waals surface area contributed by atoms with Gasteiger partial charge in [-0.15, -0.1) is 0 Å². The Kier molecular flexibility index (Phi) is 4.82. The second-order valence-corrected chi connectivity index (χ2v) is 8.39. The lowest BCUT2D eigenvalue weighted by Gasteiger charge is -2.40. The van der Waals surface area contributed by atoms with E-state index in [1.54, 1.807) is 0 Å². The Hall–Kier alpha value is -2.13. The third-order valence-electron chi connectivity index (χ3n) is 5.79. The highest BCUT2D eigenvalue weighted by molar-refractivity contribution is 5.85. The number of H-pyrrole nitrogens is 1. The quantitative estimate of drug-likeness (QED) is 0.659. The lowest BCUT2D eigenvalue weighted by molar-refractivity contribution is -0.0467. The smallest absolute Gasteiger partial charge is 0.106 e. The SMILES string of the molecule is CC1(C)CCC(OCc2cccc3ccccc23)C(Cc2ncc[nH]2)C1. The van der Waals surface area contributed by atoms with Gasteiger partial charge < -0.3 is 9.72 Å². The van der Waals surface area contributed by atoms with Crippen LogP contribution in [-0.2, 0) is 17.8 Å². The van der Waals surface area contributed by atoms with Crippen LogP contribution in [0.3, 0.4) is 0 Å². The number of hydrogen-bond donors (Lipinski definition) is 1. The molecule has 3 heteroatoms. The Balaban J connectivity index is 1.49. The summed E-state index contributed by atoms with van der Waals surface area (Å²) in [4.78, 5) is 7.70. The summed E-state index contributed by atoms with van der Waals surface area (Å²) in [5.74, 6) is 1.59. The minimum Gasteiger partial charge on any atom is -0.373 e. The summed E-state index contributed by atoms with van der Waals surface area (Å²) in [5, 5.41) is 2.58. The van der Waals surface area contributed by atoms with E-state index >= 15 is 0 Å². The van der Waals surface area contributed by atoms with E-state index in [1.165, 1.54) is 29.2 Å². The largest absolute Gasteiger partial charge is 0.373 e. The monoisotopic (exact) mass is 348 g/mol. The minimum absolute atomic E-state index is 0.298. The molecule has 0 radical (unpaired) electrons. The summed E-state index contributed by atoms with van der Waals surface area (Å²) in [6.07, 6.45) is 8.56. The first-order valence-corrected chi connectivity index (χ1v) is 9.67. The van der Waals surface area contributed by atoms with E-state index in [0.717, 1.165) is 18.7 Å². The van der Waals surface area contributed by atoms with Gasteiger partial charge in [0.25, 0.3) is 0 Å². The first-order valence-electron chi connectivity index (χ1n) is 9.67. The first kappa shape index (κ1) is 17.3. The number of fused-ring (bicyclic) bond motifs is 1. The molecule has 2 atom stereocenters. The number of rotatable bonds is 5. The van der Waals surface area contributed by atoms with Crippen molar-refractivity contribution in [2.24, 2.45) is 11.3 Å². The Morgan fingerprint density at radius 3 is 2.85 bits per heavy atom. The van der Waals surface area contributed by atoms with Crippen LogP contribution in [0.1, 0.15) is 44.5 Å². The van der Waals surface area contributed by atoms with E-state index in [4.69, 9.17) is 4.74 Å². The molecule has 2 unspecified atom stereocenters. The van der Waals surface area contributed by atoms with Crippen LogP contribution in [0.15, 0.2) is 54.9 Å². The molecule has 0 bridgehead atoms. The summed E-state index contributed by atoms with van der Waals surface area (Å²) in [5.41, 5.74) is 1.67. The molecule has 2 aromatic carbocycles. The zero-order chi connectivity index (χ0) is 18.0. The summed E-state index contributed by atoms with van der Waals surface area (Å²) < 4.78 is 6.49. The van der Waals surface area contributed by atoms with E-state index in [1.807, 2.05) is 12.4 Å². The molecular weight excluding hydrogens is 320 g/mol. The summed E-state index contributed by atoms with van der Waals surface area (Å²) in [6, 6.07) is 15.0. The Morgan fingerprint density at radius 1 is 1.15 bits per heavy atom. The van der Waals surface area contributed by atoms with Crippen LogP contribution >= 0.6 is 0 Å². The maximum atomic E-state index is 6.49. The predicted octanol–water partition coefficient (Wildman–Crippen LogP) is 5.52. The van der Waals surface area contributed by atoms with Crippen molar-refractivity contribution in [3.8, 4) is 0 Å². The van der Waals surface area contributed by atoms with Crippen LogP contribution in [0.5, 0.6) is 0 Å².